The zero-order valence-corrected chi connectivity index (χ0v) is 12.5. The van der Waals surface area contributed by atoms with Gasteiger partial charge in [-0.3, -0.25) is 8.89 Å². The van der Waals surface area contributed by atoms with Crippen molar-refractivity contribution in [2.24, 2.45) is 0 Å². The van der Waals surface area contributed by atoms with Crippen LogP contribution in [-0.2, 0) is 16.6 Å². The zero-order valence-electron chi connectivity index (χ0n) is 11.7. The summed E-state index contributed by atoms with van der Waals surface area (Å²) >= 11 is 0. The van der Waals surface area contributed by atoms with Crippen LogP contribution < -0.4 is 5.73 Å². The number of rotatable bonds is 4. The number of hydrogen-bond acceptors (Lipinski definition) is 3. The van der Waals surface area contributed by atoms with E-state index in [2.05, 4.69) is 5.10 Å². The van der Waals surface area contributed by atoms with Gasteiger partial charge in [0.1, 0.15) is 5.82 Å². The number of benzene rings is 1. The topological polar surface area (TPSA) is 60.9 Å². The summed E-state index contributed by atoms with van der Waals surface area (Å²) in [7, 11) is -1.45. The van der Waals surface area contributed by atoms with E-state index in [9.17, 15) is 8.60 Å². The molecule has 0 bridgehead atoms. The van der Waals surface area contributed by atoms with Crippen LogP contribution in [0.5, 0.6) is 0 Å². The predicted octanol–water partition coefficient (Wildman–Crippen LogP) is 3.03. The van der Waals surface area contributed by atoms with Gasteiger partial charge in [-0.1, -0.05) is 12.8 Å². The molecule has 3 rings (SSSR count). The summed E-state index contributed by atoms with van der Waals surface area (Å²) in [6, 6.07) is 6.57. The number of nitrogen functional groups attached to an aromatic ring is 1. The van der Waals surface area contributed by atoms with Gasteiger partial charge in [-0.25, -0.2) is 4.39 Å². The molecule has 1 fully saturated rings. The summed E-state index contributed by atoms with van der Waals surface area (Å²) < 4.78 is 28.0. The molecule has 0 saturated heterocycles. The number of anilines is 1. The Morgan fingerprint density at radius 1 is 1.33 bits per heavy atom. The number of hydrogen-bond donors (Lipinski definition) is 1. The second-order valence-corrected chi connectivity index (χ2v) is 6.82. The van der Waals surface area contributed by atoms with Gasteiger partial charge in [-0.2, -0.15) is 5.10 Å². The van der Waals surface area contributed by atoms with E-state index < -0.39 is 16.6 Å². The van der Waals surface area contributed by atoms with Gasteiger partial charge < -0.3 is 5.73 Å². The highest BCUT2D eigenvalue weighted by Gasteiger charge is 2.18. The fourth-order valence-corrected chi connectivity index (χ4v) is 3.81. The maximum atomic E-state index is 13.8. The molecule has 1 atom stereocenters. The molecule has 112 valence electrons. The average Bonchev–Trinajstić information content (AvgIpc) is 3.08. The fraction of sp³-hybridized carbons (Fsp3) is 0.400. The molecular weight excluding hydrogens is 289 g/mol. The SMILES string of the molecule is Nc1ccc(S(=O)Cc2ccn(C3CCCC3)n2)c(F)c1. The van der Waals surface area contributed by atoms with Crippen molar-refractivity contribution in [3.8, 4) is 0 Å². The number of aromatic nitrogens is 2. The molecule has 1 aromatic heterocycles. The van der Waals surface area contributed by atoms with Gasteiger partial charge in [-0.05, 0) is 37.1 Å². The lowest BCUT2D eigenvalue weighted by atomic mass is 10.3. The first-order valence-corrected chi connectivity index (χ1v) is 8.43. The first-order chi connectivity index (χ1) is 10.1. The molecular formula is C15H18FN3OS. The Morgan fingerprint density at radius 2 is 2.10 bits per heavy atom. The van der Waals surface area contributed by atoms with Crippen molar-refractivity contribution in [3.05, 3.63) is 42.0 Å². The Labute approximate surface area is 125 Å². The Bertz CT molecular complexity index is 665. The van der Waals surface area contributed by atoms with Gasteiger partial charge in [0.15, 0.2) is 0 Å². The highest BCUT2D eigenvalue weighted by Crippen LogP contribution is 2.29. The summed E-state index contributed by atoms with van der Waals surface area (Å²) in [6.07, 6.45) is 6.71. The van der Waals surface area contributed by atoms with Crippen LogP contribution in [0.1, 0.15) is 37.4 Å². The summed E-state index contributed by atoms with van der Waals surface area (Å²) in [5, 5.41) is 4.48. The molecule has 1 aliphatic rings. The molecule has 1 saturated carbocycles. The first-order valence-electron chi connectivity index (χ1n) is 7.11. The maximum Gasteiger partial charge on any atom is 0.141 e. The summed E-state index contributed by atoms with van der Waals surface area (Å²) in [6.45, 7) is 0. The molecule has 21 heavy (non-hydrogen) atoms. The van der Waals surface area contributed by atoms with Crippen molar-refractivity contribution < 1.29 is 8.60 Å². The van der Waals surface area contributed by atoms with Crippen molar-refractivity contribution in [3.63, 3.8) is 0 Å². The molecule has 0 radical (unpaired) electrons. The van der Waals surface area contributed by atoms with E-state index in [0.29, 0.717) is 11.7 Å². The van der Waals surface area contributed by atoms with Crippen LogP contribution in [0.25, 0.3) is 0 Å². The number of halogens is 1. The summed E-state index contributed by atoms with van der Waals surface area (Å²) in [4.78, 5) is 0.180. The van der Waals surface area contributed by atoms with Crippen molar-refractivity contribution in [2.45, 2.75) is 42.4 Å². The van der Waals surface area contributed by atoms with Gasteiger partial charge in [-0.15, -0.1) is 0 Å². The van der Waals surface area contributed by atoms with Crippen LogP contribution in [0.4, 0.5) is 10.1 Å². The molecule has 1 aliphatic carbocycles. The molecule has 0 aliphatic heterocycles. The molecule has 2 aromatic rings. The highest BCUT2D eigenvalue weighted by atomic mass is 32.2. The van der Waals surface area contributed by atoms with E-state index in [1.807, 2.05) is 16.9 Å². The molecule has 4 nitrogen and oxygen atoms in total. The Balaban J connectivity index is 1.72. The van der Waals surface area contributed by atoms with E-state index >= 15 is 0 Å². The van der Waals surface area contributed by atoms with Crippen molar-refractivity contribution in [1.29, 1.82) is 0 Å². The van der Waals surface area contributed by atoms with Crippen LogP contribution in [0.15, 0.2) is 35.4 Å². The molecule has 1 aromatic carbocycles. The number of nitrogens with zero attached hydrogens (tertiary/aromatic N) is 2. The van der Waals surface area contributed by atoms with Crippen molar-refractivity contribution in [2.75, 3.05) is 5.73 Å². The van der Waals surface area contributed by atoms with E-state index in [1.54, 1.807) is 6.07 Å². The smallest absolute Gasteiger partial charge is 0.141 e. The predicted molar refractivity (Wildman–Crippen MR) is 80.7 cm³/mol. The fourth-order valence-electron chi connectivity index (χ4n) is 2.74. The molecule has 0 amide bonds. The molecule has 1 heterocycles. The second-order valence-electron chi connectivity index (χ2n) is 5.41. The second kappa shape index (κ2) is 5.97. The quantitative estimate of drug-likeness (QED) is 0.883. The van der Waals surface area contributed by atoms with Gasteiger partial charge in [0.2, 0.25) is 0 Å². The minimum absolute atomic E-state index is 0.180. The van der Waals surface area contributed by atoms with Crippen LogP contribution in [0.3, 0.4) is 0 Å². The standard InChI is InChI=1S/C15H18FN3OS/c16-14-9-11(17)5-6-15(14)21(20)10-12-7-8-19(18-12)13-3-1-2-4-13/h5-9,13H,1-4,10,17H2. The van der Waals surface area contributed by atoms with Gasteiger partial charge in [0.05, 0.1) is 33.2 Å². The molecule has 2 N–H and O–H groups in total. The average molecular weight is 307 g/mol. The van der Waals surface area contributed by atoms with E-state index in [-0.39, 0.29) is 10.6 Å². The Kier molecular flexibility index (Phi) is 4.05. The molecule has 6 heteroatoms. The van der Waals surface area contributed by atoms with E-state index in [4.69, 9.17) is 5.73 Å². The monoisotopic (exact) mass is 307 g/mol. The van der Waals surface area contributed by atoms with Gasteiger partial charge in [0.25, 0.3) is 0 Å². The summed E-state index contributed by atoms with van der Waals surface area (Å²) in [5.41, 5.74) is 6.56. The largest absolute Gasteiger partial charge is 0.399 e. The minimum Gasteiger partial charge on any atom is -0.399 e. The van der Waals surface area contributed by atoms with Gasteiger partial charge in [0, 0.05) is 11.9 Å². The van der Waals surface area contributed by atoms with Crippen LogP contribution in [-0.4, -0.2) is 14.0 Å². The third kappa shape index (κ3) is 3.15. The van der Waals surface area contributed by atoms with Crippen molar-refractivity contribution in [1.82, 2.24) is 9.78 Å². The third-order valence-electron chi connectivity index (χ3n) is 3.84. The Morgan fingerprint density at radius 3 is 2.81 bits per heavy atom. The third-order valence-corrected chi connectivity index (χ3v) is 5.22. The minimum atomic E-state index is -1.45. The normalized spacial score (nSPS) is 17.2. The highest BCUT2D eigenvalue weighted by molar-refractivity contribution is 7.84. The van der Waals surface area contributed by atoms with Crippen molar-refractivity contribution >= 4 is 16.5 Å². The van der Waals surface area contributed by atoms with Crippen LogP contribution in [0.2, 0.25) is 0 Å². The van der Waals surface area contributed by atoms with E-state index in [0.717, 1.165) is 18.5 Å². The molecule has 1 unspecified atom stereocenters. The molecule has 0 spiro atoms. The zero-order chi connectivity index (χ0) is 14.8. The maximum absolute atomic E-state index is 13.8. The van der Waals surface area contributed by atoms with E-state index in [1.165, 1.54) is 25.0 Å². The lowest BCUT2D eigenvalue weighted by Gasteiger charge is -2.08. The van der Waals surface area contributed by atoms with Crippen LogP contribution in [0, 0.1) is 5.82 Å². The summed E-state index contributed by atoms with van der Waals surface area (Å²) in [5.74, 6) is -0.302. The van der Waals surface area contributed by atoms with Crippen LogP contribution >= 0.6 is 0 Å². The van der Waals surface area contributed by atoms with Gasteiger partial charge >= 0.3 is 0 Å². The Hall–Kier alpha value is -1.69. The lowest BCUT2D eigenvalue weighted by molar-refractivity contribution is 0.464. The first kappa shape index (κ1) is 14.3. The lowest BCUT2D eigenvalue weighted by Crippen LogP contribution is -2.07. The number of nitrogens with two attached hydrogens (primary N) is 1.